The minimum absolute atomic E-state index is 0.0453. The van der Waals surface area contributed by atoms with E-state index in [4.69, 9.17) is 10.5 Å². The maximum Gasteiger partial charge on any atom is 0.160 e. The van der Waals surface area contributed by atoms with Crippen molar-refractivity contribution in [3.05, 3.63) is 64.1 Å². The fourth-order valence-electron chi connectivity index (χ4n) is 1.88. The van der Waals surface area contributed by atoms with Gasteiger partial charge >= 0.3 is 0 Å². The molecule has 2 aromatic rings. The Balaban J connectivity index is 2.01. The highest BCUT2D eigenvalue weighted by Crippen LogP contribution is 2.25. The average Bonchev–Trinajstić information content (AvgIpc) is 2.47. The van der Waals surface area contributed by atoms with Gasteiger partial charge in [0.15, 0.2) is 5.78 Å². The summed E-state index contributed by atoms with van der Waals surface area (Å²) < 4.78 is 6.01. The molecule has 0 atom stereocenters. The van der Waals surface area contributed by atoms with Crippen LogP contribution in [-0.4, -0.2) is 12.9 Å². The fraction of sp³-hybridized carbons (Fsp3) is 0.118. The summed E-state index contributed by atoms with van der Waals surface area (Å²) >= 11 is 3.41. The normalized spacial score (nSPS) is 10.8. The highest BCUT2D eigenvalue weighted by molar-refractivity contribution is 9.10. The maximum atomic E-state index is 12.0. The zero-order valence-corrected chi connectivity index (χ0v) is 13.3. The van der Waals surface area contributed by atoms with Gasteiger partial charge in [0.1, 0.15) is 5.75 Å². The second-order valence-corrected chi connectivity index (χ2v) is 5.47. The molecule has 0 aliphatic rings. The van der Waals surface area contributed by atoms with Crippen LogP contribution in [0.1, 0.15) is 11.1 Å². The number of carbonyl (C=O) groups is 1. The first kappa shape index (κ1) is 15.3. The second kappa shape index (κ2) is 7.09. The number of halogens is 1. The third-order valence-corrected chi connectivity index (χ3v) is 3.61. The number of benzene rings is 2. The minimum Gasteiger partial charge on any atom is -0.496 e. The van der Waals surface area contributed by atoms with E-state index in [0.717, 1.165) is 21.3 Å². The number of hydrogen-bond acceptors (Lipinski definition) is 3. The summed E-state index contributed by atoms with van der Waals surface area (Å²) in [6.07, 6.45) is 3.73. The predicted octanol–water partition coefficient (Wildman–Crippen LogP) is 3.86. The zero-order valence-electron chi connectivity index (χ0n) is 11.7. The average molecular weight is 346 g/mol. The van der Waals surface area contributed by atoms with Gasteiger partial charge in [-0.25, -0.2) is 0 Å². The molecule has 108 valence electrons. The molecule has 2 aromatic carbocycles. The van der Waals surface area contributed by atoms with E-state index in [1.807, 2.05) is 42.5 Å². The van der Waals surface area contributed by atoms with Gasteiger partial charge in [-0.2, -0.15) is 0 Å². The number of allylic oxidation sites excluding steroid dienone is 1. The van der Waals surface area contributed by atoms with Gasteiger partial charge in [-0.1, -0.05) is 24.3 Å². The molecule has 2 N–H and O–H groups in total. The standard InChI is InChI=1S/C17H16BrNO2/c1-21-17-9-5-13(11-16(17)18)10-15(20)8-4-12-2-6-14(19)7-3-12/h2-9,11H,10,19H2,1H3/b8-4+. The van der Waals surface area contributed by atoms with Crippen LogP contribution >= 0.6 is 15.9 Å². The zero-order chi connectivity index (χ0) is 15.2. The van der Waals surface area contributed by atoms with E-state index in [9.17, 15) is 4.79 Å². The van der Waals surface area contributed by atoms with Crippen molar-refractivity contribution in [1.29, 1.82) is 0 Å². The van der Waals surface area contributed by atoms with Crippen molar-refractivity contribution >= 4 is 33.5 Å². The first-order chi connectivity index (χ1) is 10.1. The molecule has 0 spiro atoms. The first-order valence-corrected chi connectivity index (χ1v) is 7.26. The topological polar surface area (TPSA) is 52.3 Å². The molecular formula is C17H16BrNO2. The molecular weight excluding hydrogens is 330 g/mol. The van der Waals surface area contributed by atoms with Crippen LogP contribution in [0, 0.1) is 0 Å². The van der Waals surface area contributed by atoms with E-state index in [1.165, 1.54) is 0 Å². The summed E-state index contributed by atoms with van der Waals surface area (Å²) in [5.41, 5.74) is 8.22. The van der Waals surface area contributed by atoms with Crippen molar-refractivity contribution in [1.82, 2.24) is 0 Å². The van der Waals surface area contributed by atoms with E-state index < -0.39 is 0 Å². The van der Waals surface area contributed by atoms with Gasteiger partial charge in [0, 0.05) is 12.1 Å². The highest BCUT2D eigenvalue weighted by atomic mass is 79.9. The Morgan fingerprint density at radius 2 is 1.95 bits per heavy atom. The largest absolute Gasteiger partial charge is 0.496 e. The van der Waals surface area contributed by atoms with Crippen molar-refractivity contribution in [3.63, 3.8) is 0 Å². The van der Waals surface area contributed by atoms with Crippen LogP contribution in [0.5, 0.6) is 5.75 Å². The lowest BCUT2D eigenvalue weighted by molar-refractivity contribution is -0.113. The lowest BCUT2D eigenvalue weighted by Crippen LogP contribution is -1.98. The molecule has 0 amide bonds. The van der Waals surface area contributed by atoms with Crippen molar-refractivity contribution < 1.29 is 9.53 Å². The van der Waals surface area contributed by atoms with Gasteiger partial charge in [0.25, 0.3) is 0 Å². The summed E-state index contributed by atoms with van der Waals surface area (Å²) in [6, 6.07) is 13.0. The molecule has 0 aliphatic carbocycles. The third-order valence-electron chi connectivity index (χ3n) is 2.99. The number of ether oxygens (including phenoxy) is 1. The summed E-state index contributed by atoms with van der Waals surface area (Å²) in [6.45, 7) is 0. The number of nitrogen functional groups attached to an aromatic ring is 1. The van der Waals surface area contributed by atoms with E-state index in [0.29, 0.717) is 12.1 Å². The number of ketones is 1. The molecule has 3 nitrogen and oxygen atoms in total. The summed E-state index contributed by atoms with van der Waals surface area (Å²) in [5, 5.41) is 0. The van der Waals surface area contributed by atoms with E-state index in [1.54, 1.807) is 19.3 Å². The monoisotopic (exact) mass is 345 g/mol. The van der Waals surface area contributed by atoms with Gasteiger partial charge in [-0.15, -0.1) is 0 Å². The molecule has 0 fully saturated rings. The van der Waals surface area contributed by atoms with Gasteiger partial charge in [0.05, 0.1) is 11.6 Å². The van der Waals surface area contributed by atoms with Crippen molar-refractivity contribution in [3.8, 4) is 5.75 Å². The lowest BCUT2D eigenvalue weighted by Gasteiger charge is -2.05. The van der Waals surface area contributed by atoms with Crippen molar-refractivity contribution in [2.75, 3.05) is 12.8 Å². The third kappa shape index (κ3) is 4.46. The Morgan fingerprint density at radius 3 is 2.57 bits per heavy atom. The quantitative estimate of drug-likeness (QED) is 0.661. The molecule has 0 radical (unpaired) electrons. The van der Waals surface area contributed by atoms with Gasteiger partial charge in [-0.05, 0) is 57.4 Å². The molecule has 2 rings (SSSR count). The first-order valence-electron chi connectivity index (χ1n) is 6.47. The van der Waals surface area contributed by atoms with E-state index in [2.05, 4.69) is 15.9 Å². The number of nitrogens with two attached hydrogens (primary N) is 1. The number of rotatable bonds is 5. The molecule has 0 heterocycles. The van der Waals surface area contributed by atoms with Crippen molar-refractivity contribution in [2.45, 2.75) is 6.42 Å². The van der Waals surface area contributed by atoms with Crippen molar-refractivity contribution in [2.24, 2.45) is 0 Å². The number of hydrogen-bond donors (Lipinski definition) is 1. The Hall–Kier alpha value is -2.07. The second-order valence-electron chi connectivity index (χ2n) is 4.61. The summed E-state index contributed by atoms with van der Waals surface area (Å²) in [5.74, 6) is 0.799. The van der Waals surface area contributed by atoms with E-state index in [-0.39, 0.29) is 5.78 Å². The Morgan fingerprint density at radius 1 is 1.24 bits per heavy atom. The molecule has 0 bridgehead atoms. The van der Waals surface area contributed by atoms with Crippen LogP contribution in [0.3, 0.4) is 0 Å². The van der Waals surface area contributed by atoms with Crippen LogP contribution < -0.4 is 10.5 Å². The molecule has 0 saturated carbocycles. The summed E-state index contributed by atoms with van der Waals surface area (Å²) in [4.78, 5) is 12.0. The van der Waals surface area contributed by atoms with Crippen LogP contribution in [0.25, 0.3) is 6.08 Å². The van der Waals surface area contributed by atoms with Crippen LogP contribution in [-0.2, 0) is 11.2 Å². The molecule has 0 saturated heterocycles. The Kier molecular flexibility index (Phi) is 5.17. The Labute approximate surface area is 132 Å². The molecule has 21 heavy (non-hydrogen) atoms. The lowest BCUT2D eigenvalue weighted by atomic mass is 10.1. The fourth-order valence-corrected chi connectivity index (χ4v) is 2.46. The SMILES string of the molecule is COc1ccc(CC(=O)/C=C/c2ccc(N)cc2)cc1Br. The van der Waals surface area contributed by atoms with Crippen LogP contribution in [0.4, 0.5) is 5.69 Å². The van der Waals surface area contributed by atoms with E-state index >= 15 is 0 Å². The molecule has 0 unspecified atom stereocenters. The number of anilines is 1. The number of methoxy groups -OCH3 is 1. The highest BCUT2D eigenvalue weighted by Gasteiger charge is 2.04. The van der Waals surface area contributed by atoms with Gasteiger partial charge in [-0.3, -0.25) is 4.79 Å². The molecule has 0 aliphatic heterocycles. The maximum absolute atomic E-state index is 12.0. The minimum atomic E-state index is 0.0453. The Bertz CT molecular complexity index is 663. The summed E-state index contributed by atoms with van der Waals surface area (Å²) in [7, 11) is 1.61. The van der Waals surface area contributed by atoms with Gasteiger partial charge in [0.2, 0.25) is 0 Å². The molecule has 0 aromatic heterocycles. The van der Waals surface area contributed by atoms with Crippen LogP contribution in [0.2, 0.25) is 0 Å². The number of carbonyl (C=O) groups excluding carboxylic acids is 1. The predicted molar refractivity (Wildman–Crippen MR) is 89.3 cm³/mol. The van der Waals surface area contributed by atoms with Crippen LogP contribution in [0.15, 0.2) is 53.0 Å². The smallest absolute Gasteiger partial charge is 0.160 e. The molecule has 4 heteroatoms. The van der Waals surface area contributed by atoms with Gasteiger partial charge < -0.3 is 10.5 Å².